The van der Waals surface area contributed by atoms with E-state index in [0.29, 0.717) is 12.6 Å². The first-order chi connectivity index (χ1) is 19.2. The molecule has 214 valence electrons. The van der Waals surface area contributed by atoms with Crippen molar-refractivity contribution in [3.05, 3.63) is 41.3 Å². The number of piperazine rings is 1. The number of nitrogens with one attached hydrogen (secondary N) is 1. The summed E-state index contributed by atoms with van der Waals surface area (Å²) in [4.78, 5) is 33.0. The van der Waals surface area contributed by atoms with Crippen LogP contribution in [0.15, 0.2) is 24.7 Å². The molecule has 1 saturated heterocycles. The molecule has 9 heteroatoms. The number of nitrogens with zero attached hydrogens (tertiary/aromatic N) is 7. The quantitative estimate of drug-likeness (QED) is 0.313. The first kappa shape index (κ1) is 28.1. The maximum Gasteiger partial charge on any atom is 0.236 e. The first-order valence-corrected chi connectivity index (χ1v) is 14.8. The topological polar surface area (TPSA) is 85.7 Å². The number of fused-ring (bicyclic) bond motifs is 2. The Morgan fingerprint density at radius 3 is 2.50 bits per heavy atom. The Hall–Kier alpha value is -3.46. The number of hydrogen-bond donors (Lipinski definition) is 1. The predicted molar refractivity (Wildman–Crippen MR) is 162 cm³/mol. The zero-order valence-corrected chi connectivity index (χ0v) is 25.2. The molecule has 5 heterocycles. The van der Waals surface area contributed by atoms with Crippen molar-refractivity contribution < 1.29 is 4.79 Å². The van der Waals surface area contributed by atoms with E-state index in [2.05, 4.69) is 91.7 Å². The molecule has 0 aliphatic carbocycles. The lowest BCUT2D eigenvalue weighted by molar-refractivity contribution is -0.133. The van der Waals surface area contributed by atoms with Crippen LogP contribution < -0.4 is 4.90 Å². The van der Waals surface area contributed by atoms with Crippen molar-refractivity contribution >= 4 is 28.4 Å². The second-order valence-corrected chi connectivity index (χ2v) is 11.7. The van der Waals surface area contributed by atoms with Gasteiger partial charge in [0.2, 0.25) is 5.91 Å². The van der Waals surface area contributed by atoms with Crippen molar-refractivity contribution in [2.45, 2.75) is 73.3 Å². The van der Waals surface area contributed by atoms with Gasteiger partial charge in [-0.15, -0.1) is 0 Å². The lowest BCUT2D eigenvalue weighted by Gasteiger charge is -2.37. The van der Waals surface area contributed by atoms with Crippen molar-refractivity contribution in [2.24, 2.45) is 0 Å². The van der Waals surface area contributed by atoms with Gasteiger partial charge in [-0.2, -0.15) is 5.10 Å². The second-order valence-electron chi connectivity index (χ2n) is 11.7. The van der Waals surface area contributed by atoms with E-state index in [9.17, 15) is 4.79 Å². The molecule has 0 spiro atoms. The zero-order valence-electron chi connectivity index (χ0n) is 25.2. The van der Waals surface area contributed by atoms with Gasteiger partial charge in [0.1, 0.15) is 12.1 Å². The number of aryl methyl sites for hydroxylation is 1. The van der Waals surface area contributed by atoms with Crippen molar-refractivity contribution in [3.63, 3.8) is 0 Å². The van der Waals surface area contributed by atoms with Crippen molar-refractivity contribution in [3.8, 4) is 11.3 Å². The maximum absolute atomic E-state index is 13.1. The third-order valence-electron chi connectivity index (χ3n) is 8.46. The van der Waals surface area contributed by atoms with Crippen LogP contribution in [0.4, 0.5) is 5.82 Å². The molecule has 1 aliphatic heterocycles. The predicted octanol–water partition coefficient (Wildman–Crippen LogP) is 5.17. The minimum absolute atomic E-state index is 0.236. The van der Waals surface area contributed by atoms with Gasteiger partial charge in [-0.1, -0.05) is 27.2 Å². The van der Waals surface area contributed by atoms with Gasteiger partial charge in [-0.25, -0.2) is 14.5 Å². The van der Waals surface area contributed by atoms with Crippen LogP contribution in [0.25, 0.3) is 27.9 Å². The molecule has 0 saturated carbocycles. The summed E-state index contributed by atoms with van der Waals surface area (Å²) in [6.07, 6.45) is 5.95. The van der Waals surface area contributed by atoms with E-state index < -0.39 is 0 Å². The van der Waals surface area contributed by atoms with E-state index in [4.69, 9.17) is 4.98 Å². The average Bonchev–Trinajstić information content (AvgIpc) is 3.57. The molecule has 5 rings (SSSR count). The SMILES string of the molecule is CCCCN(CC(=O)N1CCN(c2ccc3[nH]c(-c4cn5ncnc5c(C)c4C)c(C(C)C)c3n2)CC1)C(C)C. The number of hydrogen-bond acceptors (Lipinski definition) is 6. The van der Waals surface area contributed by atoms with Gasteiger partial charge in [-0.3, -0.25) is 9.69 Å². The molecule has 4 aromatic rings. The van der Waals surface area contributed by atoms with Gasteiger partial charge in [0.05, 0.1) is 23.3 Å². The first-order valence-electron chi connectivity index (χ1n) is 14.8. The summed E-state index contributed by atoms with van der Waals surface area (Å²) >= 11 is 0. The molecule has 0 bridgehead atoms. The molecular weight excluding hydrogens is 500 g/mol. The molecule has 9 nitrogen and oxygen atoms in total. The summed E-state index contributed by atoms with van der Waals surface area (Å²) < 4.78 is 1.86. The van der Waals surface area contributed by atoms with Crippen LogP contribution in [0.1, 0.15) is 70.1 Å². The minimum Gasteiger partial charge on any atom is -0.353 e. The number of carbonyl (C=O) groups excluding carboxylic acids is 1. The van der Waals surface area contributed by atoms with E-state index in [1.807, 2.05) is 9.42 Å². The summed E-state index contributed by atoms with van der Waals surface area (Å²) in [6.45, 7) is 19.8. The fourth-order valence-electron chi connectivity index (χ4n) is 5.82. The Labute approximate surface area is 237 Å². The van der Waals surface area contributed by atoms with Gasteiger partial charge in [0.25, 0.3) is 0 Å². The van der Waals surface area contributed by atoms with E-state index in [0.717, 1.165) is 84.9 Å². The molecule has 0 atom stereocenters. The Bertz CT molecular complexity index is 1490. The maximum atomic E-state index is 13.1. The fourth-order valence-corrected chi connectivity index (χ4v) is 5.82. The Balaban J connectivity index is 1.37. The molecule has 0 radical (unpaired) electrons. The monoisotopic (exact) mass is 544 g/mol. The number of anilines is 1. The van der Waals surface area contributed by atoms with Crippen molar-refractivity contribution in [1.82, 2.24) is 34.4 Å². The molecule has 0 aromatic carbocycles. The van der Waals surface area contributed by atoms with Gasteiger partial charge in [-0.05, 0) is 69.8 Å². The van der Waals surface area contributed by atoms with Crippen LogP contribution in [-0.4, -0.2) is 85.6 Å². The van der Waals surface area contributed by atoms with Crippen LogP contribution in [0, 0.1) is 13.8 Å². The lowest BCUT2D eigenvalue weighted by atomic mass is 9.95. The summed E-state index contributed by atoms with van der Waals surface area (Å²) in [5.74, 6) is 1.49. The molecule has 1 amide bonds. The van der Waals surface area contributed by atoms with E-state index in [1.54, 1.807) is 6.33 Å². The molecule has 0 unspecified atom stereocenters. The number of H-pyrrole nitrogens is 1. The summed E-state index contributed by atoms with van der Waals surface area (Å²) in [6, 6.07) is 4.63. The molecule has 1 N–H and O–H groups in total. The zero-order chi connectivity index (χ0) is 28.6. The van der Waals surface area contributed by atoms with Crippen molar-refractivity contribution in [2.75, 3.05) is 44.2 Å². The fraction of sp³-hybridized carbons (Fsp3) is 0.548. The smallest absolute Gasteiger partial charge is 0.236 e. The number of aromatic amines is 1. The molecule has 1 fully saturated rings. The second kappa shape index (κ2) is 11.6. The Morgan fingerprint density at radius 1 is 1.07 bits per heavy atom. The van der Waals surface area contributed by atoms with Crippen LogP contribution in [-0.2, 0) is 4.79 Å². The highest BCUT2D eigenvalue weighted by Crippen LogP contribution is 2.38. The highest BCUT2D eigenvalue weighted by molar-refractivity contribution is 5.90. The summed E-state index contributed by atoms with van der Waals surface area (Å²) in [7, 11) is 0. The number of amides is 1. The molecule has 4 aromatic heterocycles. The van der Waals surface area contributed by atoms with E-state index >= 15 is 0 Å². The van der Waals surface area contributed by atoms with Gasteiger partial charge >= 0.3 is 0 Å². The number of aromatic nitrogens is 5. The minimum atomic E-state index is 0.236. The van der Waals surface area contributed by atoms with Gasteiger partial charge in [0.15, 0.2) is 5.65 Å². The third-order valence-corrected chi connectivity index (χ3v) is 8.46. The number of unbranched alkanes of at least 4 members (excludes halogenated alkanes) is 1. The van der Waals surface area contributed by atoms with Crippen LogP contribution in [0.5, 0.6) is 0 Å². The molecule has 1 aliphatic rings. The summed E-state index contributed by atoms with van der Waals surface area (Å²) in [5.41, 5.74) is 8.70. The Kier molecular flexibility index (Phi) is 8.12. The number of rotatable bonds is 9. The van der Waals surface area contributed by atoms with Gasteiger partial charge < -0.3 is 14.8 Å². The average molecular weight is 545 g/mol. The van der Waals surface area contributed by atoms with Crippen LogP contribution in [0.2, 0.25) is 0 Å². The van der Waals surface area contributed by atoms with E-state index in [-0.39, 0.29) is 11.8 Å². The lowest BCUT2D eigenvalue weighted by Crippen LogP contribution is -2.52. The van der Waals surface area contributed by atoms with Crippen LogP contribution in [0.3, 0.4) is 0 Å². The Morgan fingerprint density at radius 2 is 1.82 bits per heavy atom. The molecule has 40 heavy (non-hydrogen) atoms. The van der Waals surface area contributed by atoms with Crippen LogP contribution >= 0.6 is 0 Å². The highest BCUT2D eigenvalue weighted by Gasteiger charge is 2.26. The largest absolute Gasteiger partial charge is 0.353 e. The summed E-state index contributed by atoms with van der Waals surface area (Å²) in [5, 5.41) is 4.40. The highest BCUT2D eigenvalue weighted by atomic mass is 16.2. The van der Waals surface area contributed by atoms with E-state index in [1.165, 1.54) is 11.1 Å². The standard InChI is InChI=1S/C31H44N8O/c1-8-9-12-38(21(4)5)18-27(40)37-15-13-36(14-16-37)26-11-10-25-30(35-26)28(20(2)3)29(34-25)24-17-39-31(32-19-33-39)23(7)22(24)6/h10-11,17,19-21,34H,8-9,12-16,18H2,1-7H3. The van der Waals surface area contributed by atoms with Crippen molar-refractivity contribution in [1.29, 1.82) is 0 Å². The molecular formula is C31H44N8O. The third kappa shape index (κ3) is 5.31. The van der Waals surface area contributed by atoms with Gasteiger partial charge in [0, 0.05) is 49.5 Å². The number of carbonyl (C=O) groups is 1. The number of pyridine rings is 2. The normalized spacial score (nSPS) is 14.6.